The largest absolute Gasteiger partial charge is 0.481 e. The number of ether oxygens (including phenoxy) is 1. The van der Waals surface area contributed by atoms with Gasteiger partial charge >= 0.3 is 0 Å². The Kier molecular flexibility index (Phi) is 4.74. The van der Waals surface area contributed by atoms with Crippen LogP contribution in [0, 0.1) is 0 Å². The monoisotopic (exact) mass is 325 g/mol. The number of amides is 1. The van der Waals surface area contributed by atoms with Gasteiger partial charge in [-0.3, -0.25) is 4.79 Å². The Labute approximate surface area is 140 Å². The number of carbonyl (C=O) groups is 1. The predicted octanol–water partition coefficient (Wildman–Crippen LogP) is 2.96. The molecule has 1 unspecified atom stereocenters. The van der Waals surface area contributed by atoms with Gasteiger partial charge in [0.2, 0.25) is 5.88 Å². The number of benzene rings is 1. The molecule has 1 aromatic carbocycles. The summed E-state index contributed by atoms with van der Waals surface area (Å²) in [7, 11) is 1.55. The second-order valence-corrected chi connectivity index (χ2v) is 5.36. The molecule has 2 heterocycles. The lowest BCUT2D eigenvalue weighted by molar-refractivity contribution is -0.112. The molecule has 0 aliphatic carbocycles. The molecule has 1 amide bonds. The lowest BCUT2D eigenvalue weighted by Crippen LogP contribution is -2.36. The Morgan fingerprint density at radius 2 is 2.08 bits per heavy atom. The van der Waals surface area contributed by atoms with Gasteiger partial charge < -0.3 is 14.5 Å². The van der Waals surface area contributed by atoms with Crippen molar-refractivity contribution in [2.45, 2.75) is 19.4 Å². The summed E-state index contributed by atoms with van der Waals surface area (Å²) in [5, 5.41) is 4.00. The SMILES string of the molecule is CCN(C(=O)C1=NOC(c2ccccc2)C1)c1ccc(OC)nc1. The normalized spacial score (nSPS) is 16.2. The zero-order chi connectivity index (χ0) is 16.9. The van der Waals surface area contributed by atoms with Crippen LogP contribution >= 0.6 is 0 Å². The van der Waals surface area contributed by atoms with Gasteiger partial charge in [-0.25, -0.2) is 4.98 Å². The summed E-state index contributed by atoms with van der Waals surface area (Å²) in [6.45, 7) is 2.43. The molecule has 1 aliphatic rings. The molecule has 24 heavy (non-hydrogen) atoms. The first-order valence-corrected chi connectivity index (χ1v) is 7.82. The van der Waals surface area contributed by atoms with E-state index in [0.29, 0.717) is 30.2 Å². The number of hydrogen-bond acceptors (Lipinski definition) is 5. The van der Waals surface area contributed by atoms with Gasteiger partial charge in [-0.15, -0.1) is 0 Å². The number of anilines is 1. The van der Waals surface area contributed by atoms with Crippen LogP contribution in [0.5, 0.6) is 5.88 Å². The van der Waals surface area contributed by atoms with Crippen LogP contribution in [-0.2, 0) is 9.63 Å². The Balaban J connectivity index is 1.72. The van der Waals surface area contributed by atoms with Crippen molar-refractivity contribution in [3.63, 3.8) is 0 Å². The van der Waals surface area contributed by atoms with Crippen LogP contribution in [0.4, 0.5) is 5.69 Å². The second-order valence-electron chi connectivity index (χ2n) is 5.36. The highest BCUT2D eigenvalue weighted by atomic mass is 16.6. The lowest BCUT2D eigenvalue weighted by atomic mass is 10.0. The fourth-order valence-electron chi connectivity index (χ4n) is 2.60. The molecule has 0 bridgehead atoms. The Hall–Kier alpha value is -2.89. The highest BCUT2D eigenvalue weighted by Gasteiger charge is 2.30. The first-order chi connectivity index (χ1) is 11.7. The summed E-state index contributed by atoms with van der Waals surface area (Å²) in [6, 6.07) is 13.3. The smallest absolute Gasteiger partial charge is 0.276 e. The second kappa shape index (κ2) is 7.12. The van der Waals surface area contributed by atoms with Crippen LogP contribution in [0.15, 0.2) is 53.8 Å². The molecule has 0 N–H and O–H groups in total. The van der Waals surface area contributed by atoms with Crippen molar-refractivity contribution >= 4 is 17.3 Å². The maximum Gasteiger partial charge on any atom is 0.276 e. The van der Waals surface area contributed by atoms with Crippen LogP contribution in [-0.4, -0.2) is 30.3 Å². The van der Waals surface area contributed by atoms with Crippen molar-refractivity contribution < 1.29 is 14.4 Å². The maximum absolute atomic E-state index is 12.8. The van der Waals surface area contributed by atoms with E-state index in [-0.39, 0.29) is 12.0 Å². The molecule has 1 aliphatic heterocycles. The fraction of sp³-hybridized carbons (Fsp3) is 0.278. The lowest BCUT2D eigenvalue weighted by Gasteiger charge is -2.20. The predicted molar refractivity (Wildman–Crippen MR) is 91.1 cm³/mol. The third-order valence-electron chi connectivity index (χ3n) is 3.89. The molecule has 2 aromatic rings. The average Bonchev–Trinajstić information content (AvgIpc) is 3.14. The standard InChI is InChI=1S/C18H19N3O3/c1-3-21(14-9-10-17(23-2)19-12-14)18(22)15-11-16(24-20-15)13-7-5-4-6-8-13/h4-10,12,16H,3,11H2,1-2H3. The molecule has 0 spiro atoms. The van der Waals surface area contributed by atoms with Gasteiger partial charge in [-0.2, -0.15) is 0 Å². The summed E-state index contributed by atoms with van der Waals surface area (Å²) < 4.78 is 5.05. The topological polar surface area (TPSA) is 64.0 Å². The molecule has 6 nitrogen and oxygen atoms in total. The Morgan fingerprint density at radius 3 is 2.71 bits per heavy atom. The van der Waals surface area contributed by atoms with Gasteiger partial charge in [0, 0.05) is 19.0 Å². The zero-order valence-corrected chi connectivity index (χ0v) is 13.7. The molecule has 1 aromatic heterocycles. The molecule has 0 fully saturated rings. The van der Waals surface area contributed by atoms with E-state index < -0.39 is 0 Å². The van der Waals surface area contributed by atoms with Crippen LogP contribution in [0.3, 0.4) is 0 Å². The van der Waals surface area contributed by atoms with Crippen molar-refractivity contribution in [3.8, 4) is 5.88 Å². The van der Waals surface area contributed by atoms with Crippen molar-refractivity contribution in [1.82, 2.24) is 4.98 Å². The van der Waals surface area contributed by atoms with E-state index in [1.165, 1.54) is 0 Å². The molecule has 0 saturated carbocycles. The van der Waals surface area contributed by atoms with Crippen molar-refractivity contribution in [1.29, 1.82) is 0 Å². The zero-order valence-electron chi connectivity index (χ0n) is 13.7. The van der Waals surface area contributed by atoms with Gasteiger partial charge in [-0.05, 0) is 18.6 Å². The molecule has 6 heteroatoms. The number of methoxy groups -OCH3 is 1. The first-order valence-electron chi connectivity index (χ1n) is 7.82. The number of oxime groups is 1. The summed E-state index contributed by atoms with van der Waals surface area (Å²) in [5.74, 6) is 0.343. The number of carbonyl (C=O) groups excluding carboxylic acids is 1. The van der Waals surface area contributed by atoms with Crippen LogP contribution in [0.2, 0.25) is 0 Å². The van der Waals surface area contributed by atoms with Gasteiger partial charge in [0.05, 0.1) is 19.0 Å². The summed E-state index contributed by atoms with van der Waals surface area (Å²) in [5.41, 5.74) is 2.13. The van der Waals surface area contributed by atoms with Crippen LogP contribution in [0.1, 0.15) is 25.0 Å². The Bertz CT molecular complexity index is 729. The van der Waals surface area contributed by atoms with E-state index in [9.17, 15) is 4.79 Å². The fourth-order valence-corrected chi connectivity index (χ4v) is 2.60. The molecule has 0 saturated heterocycles. The third kappa shape index (κ3) is 3.22. The highest BCUT2D eigenvalue weighted by Crippen LogP contribution is 2.28. The van der Waals surface area contributed by atoms with E-state index in [0.717, 1.165) is 5.56 Å². The minimum atomic E-state index is -0.210. The minimum absolute atomic E-state index is 0.164. The summed E-state index contributed by atoms with van der Waals surface area (Å²) in [6.07, 6.45) is 1.87. The Morgan fingerprint density at radius 1 is 1.29 bits per heavy atom. The molecule has 3 rings (SSSR count). The van der Waals surface area contributed by atoms with E-state index in [2.05, 4.69) is 10.1 Å². The summed E-state index contributed by atoms with van der Waals surface area (Å²) >= 11 is 0. The van der Waals surface area contributed by atoms with Crippen molar-refractivity contribution in [2.75, 3.05) is 18.6 Å². The quantitative estimate of drug-likeness (QED) is 0.848. The first kappa shape index (κ1) is 16.0. The number of hydrogen-bond donors (Lipinski definition) is 0. The van der Waals surface area contributed by atoms with Crippen molar-refractivity contribution in [2.24, 2.45) is 5.16 Å². The number of aromatic nitrogens is 1. The number of pyridine rings is 1. The van der Waals surface area contributed by atoms with Crippen LogP contribution < -0.4 is 9.64 Å². The van der Waals surface area contributed by atoms with Crippen molar-refractivity contribution in [3.05, 3.63) is 54.2 Å². The third-order valence-corrected chi connectivity index (χ3v) is 3.89. The molecule has 1 atom stereocenters. The van der Waals surface area contributed by atoms with Gasteiger partial charge in [0.1, 0.15) is 5.71 Å². The summed E-state index contributed by atoms with van der Waals surface area (Å²) in [4.78, 5) is 24.0. The van der Waals surface area contributed by atoms with Crippen LogP contribution in [0.25, 0.3) is 0 Å². The van der Waals surface area contributed by atoms with E-state index in [1.54, 1.807) is 30.3 Å². The minimum Gasteiger partial charge on any atom is -0.481 e. The average molecular weight is 325 g/mol. The van der Waals surface area contributed by atoms with E-state index in [4.69, 9.17) is 9.57 Å². The molecular weight excluding hydrogens is 306 g/mol. The van der Waals surface area contributed by atoms with E-state index in [1.807, 2.05) is 37.3 Å². The number of nitrogens with zero attached hydrogens (tertiary/aromatic N) is 3. The van der Waals surface area contributed by atoms with Gasteiger partial charge in [0.15, 0.2) is 6.10 Å². The van der Waals surface area contributed by atoms with Gasteiger partial charge in [0.25, 0.3) is 5.91 Å². The maximum atomic E-state index is 12.8. The number of rotatable bonds is 5. The highest BCUT2D eigenvalue weighted by molar-refractivity contribution is 6.43. The molecule has 124 valence electrons. The van der Waals surface area contributed by atoms with Gasteiger partial charge in [-0.1, -0.05) is 35.5 Å². The molecular formula is C18H19N3O3. The molecule has 0 radical (unpaired) electrons. The van der Waals surface area contributed by atoms with E-state index >= 15 is 0 Å².